The van der Waals surface area contributed by atoms with Crippen LogP contribution >= 0.6 is 0 Å². The highest BCUT2D eigenvalue weighted by Crippen LogP contribution is 2.17. The van der Waals surface area contributed by atoms with Gasteiger partial charge in [0.15, 0.2) is 12.2 Å². The van der Waals surface area contributed by atoms with Crippen LogP contribution in [0, 0.1) is 0 Å². The minimum absolute atomic E-state index is 0.454. The first kappa shape index (κ1) is 8.82. The Kier molecular flexibility index (Phi) is 2.23. The standard InChI is InChI=1S/C7H10N6O/c1-8-3-5-6(14-4-9-5)7-10-12-13(2)11-7/h4,8H,3H2,1-2H3. The highest BCUT2D eigenvalue weighted by molar-refractivity contribution is 5.48. The summed E-state index contributed by atoms with van der Waals surface area (Å²) in [6.45, 7) is 0.615. The van der Waals surface area contributed by atoms with Gasteiger partial charge >= 0.3 is 0 Å². The molecule has 0 bridgehead atoms. The lowest BCUT2D eigenvalue weighted by molar-refractivity contribution is 0.564. The summed E-state index contributed by atoms with van der Waals surface area (Å²) >= 11 is 0. The van der Waals surface area contributed by atoms with Gasteiger partial charge in [0, 0.05) is 6.54 Å². The van der Waals surface area contributed by atoms with Crippen molar-refractivity contribution in [1.82, 2.24) is 30.5 Å². The van der Waals surface area contributed by atoms with Gasteiger partial charge in [0.1, 0.15) is 5.69 Å². The Morgan fingerprint density at radius 3 is 3.07 bits per heavy atom. The van der Waals surface area contributed by atoms with Crippen molar-refractivity contribution in [2.75, 3.05) is 7.05 Å². The number of nitrogens with zero attached hydrogens (tertiary/aromatic N) is 5. The van der Waals surface area contributed by atoms with Crippen LogP contribution in [-0.4, -0.2) is 32.2 Å². The summed E-state index contributed by atoms with van der Waals surface area (Å²) in [6.07, 6.45) is 1.37. The van der Waals surface area contributed by atoms with E-state index in [-0.39, 0.29) is 0 Å². The van der Waals surface area contributed by atoms with Crippen LogP contribution in [0.5, 0.6) is 0 Å². The van der Waals surface area contributed by atoms with E-state index in [0.717, 1.165) is 5.69 Å². The summed E-state index contributed by atoms with van der Waals surface area (Å²) in [6, 6.07) is 0. The van der Waals surface area contributed by atoms with E-state index >= 15 is 0 Å². The van der Waals surface area contributed by atoms with E-state index in [1.807, 2.05) is 7.05 Å². The molecule has 2 heterocycles. The van der Waals surface area contributed by atoms with E-state index in [2.05, 4.69) is 25.7 Å². The Balaban J connectivity index is 2.36. The van der Waals surface area contributed by atoms with Crippen LogP contribution in [-0.2, 0) is 13.6 Å². The van der Waals surface area contributed by atoms with Crippen LogP contribution < -0.4 is 5.32 Å². The molecule has 2 rings (SSSR count). The van der Waals surface area contributed by atoms with Crippen molar-refractivity contribution in [1.29, 1.82) is 0 Å². The summed E-state index contributed by atoms with van der Waals surface area (Å²) < 4.78 is 5.19. The molecule has 2 aromatic rings. The van der Waals surface area contributed by atoms with E-state index in [1.54, 1.807) is 7.05 Å². The van der Waals surface area contributed by atoms with Gasteiger partial charge in [0.2, 0.25) is 5.82 Å². The number of oxazole rings is 1. The zero-order valence-electron chi connectivity index (χ0n) is 7.93. The number of tetrazole rings is 1. The summed E-state index contributed by atoms with van der Waals surface area (Å²) in [4.78, 5) is 5.42. The van der Waals surface area contributed by atoms with Gasteiger partial charge in [-0.15, -0.1) is 10.2 Å². The van der Waals surface area contributed by atoms with Crippen molar-refractivity contribution in [3.63, 3.8) is 0 Å². The number of aromatic nitrogens is 5. The molecule has 74 valence electrons. The molecular weight excluding hydrogens is 184 g/mol. The molecule has 0 unspecified atom stereocenters. The summed E-state index contributed by atoms with van der Waals surface area (Å²) in [7, 11) is 3.53. The second-order valence-corrected chi connectivity index (χ2v) is 2.76. The average Bonchev–Trinajstić information content (AvgIpc) is 2.74. The van der Waals surface area contributed by atoms with E-state index in [0.29, 0.717) is 18.1 Å². The Labute approximate surface area is 80.1 Å². The van der Waals surface area contributed by atoms with Crippen molar-refractivity contribution in [2.24, 2.45) is 7.05 Å². The van der Waals surface area contributed by atoms with Crippen LogP contribution in [0.2, 0.25) is 0 Å². The molecule has 0 radical (unpaired) electrons. The van der Waals surface area contributed by atoms with Crippen LogP contribution in [0.25, 0.3) is 11.6 Å². The molecule has 0 aliphatic heterocycles. The number of hydrogen-bond acceptors (Lipinski definition) is 6. The third kappa shape index (κ3) is 1.49. The predicted octanol–water partition coefficient (Wildman–Crippen LogP) is -0.416. The number of aryl methyl sites for hydroxylation is 1. The smallest absolute Gasteiger partial charge is 0.242 e. The van der Waals surface area contributed by atoms with Gasteiger partial charge in [0.25, 0.3) is 0 Å². The monoisotopic (exact) mass is 194 g/mol. The Morgan fingerprint density at radius 1 is 1.57 bits per heavy atom. The Hall–Kier alpha value is -1.76. The highest BCUT2D eigenvalue weighted by atomic mass is 16.3. The molecule has 0 amide bonds. The fraction of sp³-hybridized carbons (Fsp3) is 0.429. The SMILES string of the molecule is CNCc1ncoc1-c1nnn(C)n1. The number of hydrogen-bond donors (Lipinski definition) is 1. The van der Waals surface area contributed by atoms with Crippen molar-refractivity contribution >= 4 is 0 Å². The predicted molar refractivity (Wildman–Crippen MR) is 47.1 cm³/mol. The van der Waals surface area contributed by atoms with E-state index < -0.39 is 0 Å². The first-order chi connectivity index (χ1) is 6.81. The second-order valence-electron chi connectivity index (χ2n) is 2.76. The third-order valence-corrected chi connectivity index (χ3v) is 1.70. The summed E-state index contributed by atoms with van der Waals surface area (Å²) in [5.41, 5.74) is 0.778. The van der Waals surface area contributed by atoms with Crippen LogP contribution in [0.15, 0.2) is 10.8 Å². The summed E-state index contributed by atoms with van der Waals surface area (Å²) in [5, 5.41) is 14.6. The fourth-order valence-corrected chi connectivity index (χ4v) is 1.12. The molecule has 7 nitrogen and oxygen atoms in total. The normalized spacial score (nSPS) is 10.7. The topological polar surface area (TPSA) is 81.7 Å². The Bertz CT molecular complexity index is 419. The molecule has 0 aliphatic carbocycles. The molecule has 1 N–H and O–H groups in total. The van der Waals surface area contributed by atoms with E-state index in [1.165, 1.54) is 11.2 Å². The van der Waals surface area contributed by atoms with Crippen molar-refractivity contribution in [3.8, 4) is 11.6 Å². The first-order valence-electron chi connectivity index (χ1n) is 4.12. The van der Waals surface area contributed by atoms with Crippen molar-refractivity contribution in [2.45, 2.75) is 6.54 Å². The Morgan fingerprint density at radius 2 is 2.43 bits per heavy atom. The van der Waals surface area contributed by atoms with Crippen LogP contribution in [0.1, 0.15) is 5.69 Å². The minimum atomic E-state index is 0.454. The first-order valence-corrected chi connectivity index (χ1v) is 4.12. The maximum Gasteiger partial charge on any atom is 0.242 e. The third-order valence-electron chi connectivity index (χ3n) is 1.70. The van der Waals surface area contributed by atoms with Gasteiger partial charge in [-0.05, 0) is 12.3 Å². The molecule has 14 heavy (non-hydrogen) atoms. The zero-order valence-corrected chi connectivity index (χ0v) is 7.93. The molecule has 0 aromatic carbocycles. The van der Waals surface area contributed by atoms with E-state index in [9.17, 15) is 0 Å². The largest absolute Gasteiger partial charge is 0.440 e. The molecule has 7 heteroatoms. The molecule has 0 saturated carbocycles. The number of rotatable bonds is 3. The second kappa shape index (κ2) is 3.54. The van der Waals surface area contributed by atoms with Gasteiger partial charge in [-0.25, -0.2) is 4.98 Å². The molecule has 2 aromatic heterocycles. The van der Waals surface area contributed by atoms with Crippen molar-refractivity contribution in [3.05, 3.63) is 12.1 Å². The maximum atomic E-state index is 5.19. The van der Waals surface area contributed by atoms with Gasteiger partial charge in [-0.1, -0.05) is 0 Å². The quantitative estimate of drug-likeness (QED) is 0.715. The highest BCUT2D eigenvalue weighted by Gasteiger charge is 2.14. The van der Waals surface area contributed by atoms with Crippen LogP contribution in [0.3, 0.4) is 0 Å². The lowest BCUT2D eigenvalue weighted by Crippen LogP contribution is -2.06. The average molecular weight is 194 g/mol. The van der Waals surface area contributed by atoms with Gasteiger partial charge in [-0.2, -0.15) is 4.80 Å². The maximum absolute atomic E-state index is 5.19. The minimum Gasteiger partial charge on any atom is -0.440 e. The molecule has 0 fully saturated rings. The molecule has 0 saturated heterocycles. The van der Waals surface area contributed by atoms with Crippen LogP contribution in [0.4, 0.5) is 0 Å². The summed E-state index contributed by atoms with van der Waals surface area (Å²) in [5.74, 6) is 1.02. The molecule has 0 aliphatic rings. The molecular formula is C7H10N6O. The zero-order chi connectivity index (χ0) is 9.97. The fourth-order valence-electron chi connectivity index (χ4n) is 1.12. The van der Waals surface area contributed by atoms with Gasteiger partial charge < -0.3 is 9.73 Å². The number of nitrogens with one attached hydrogen (secondary N) is 1. The molecule has 0 spiro atoms. The van der Waals surface area contributed by atoms with Crippen molar-refractivity contribution < 1.29 is 4.42 Å². The van der Waals surface area contributed by atoms with E-state index in [4.69, 9.17) is 4.42 Å². The lowest BCUT2D eigenvalue weighted by Gasteiger charge is -1.94. The lowest BCUT2D eigenvalue weighted by atomic mass is 10.3. The van der Waals surface area contributed by atoms with Gasteiger partial charge in [-0.3, -0.25) is 0 Å². The molecule has 0 atom stereocenters. The van der Waals surface area contributed by atoms with Gasteiger partial charge in [0.05, 0.1) is 7.05 Å².